The molecule has 74 valence electrons. The molecule has 1 N–H and O–H groups in total. The predicted molar refractivity (Wildman–Crippen MR) is 58.9 cm³/mol. The third kappa shape index (κ3) is 2.24. The Morgan fingerprint density at radius 2 is 2.07 bits per heavy atom. The molecule has 1 unspecified atom stereocenters. The summed E-state index contributed by atoms with van der Waals surface area (Å²) in [5.74, 6) is 0. The molecule has 1 heterocycles. The predicted octanol–water partition coefficient (Wildman–Crippen LogP) is 1.59. The van der Waals surface area contributed by atoms with E-state index in [1.165, 1.54) is 11.1 Å². The first-order valence-corrected chi connectivity index (χ1v) is 6.78. The van der Waals surface area contributed by atoms with Crippen LogP contribution < -0.4 is 0 Å². The summed E-state index contributed by atoms with van der Waals surface area (Å²) >= 11 is 0.439. The summed E-state index contributed by atoms with van der Waals surface area (Å²) in [5.41, 5.74) is 2.44. The number of aryl methyl sites for hydroxylation is 1. The Morgan fingerprint density at radius 1 is 1.36 bits per heavy atom. The Bertz CT molecular complexity index is 345. The van der Waals surface area contributed by atoms with Gasteiger partial charge < -0.3 is 0 Å². The normalized spacial score (nSPS) is 21.9. The van der Waals surface area contributed by atoms with Gasteiger partial charge in [0.15, 0.2) is 0 Å². The van der Waals surface area contributed by atoms with Crippen molar-refractivity contribution in [3.8, 4) is 0 Å². The van der Waals surface area contributed by atoms with Crippen LogP contribution in [0.25, 0.3) is 0 Å². The second-order valence-corrected chi connectivity index (χ2v) is 5.69. The number of hydrogen-bond donors (Lipinski definition) is 1. The molecule has 1 aliphatic rings. The van der Waals surface area contributed by atoms with Crippen LogP contribution in [0.2, 0.25) is 5.32 Å². The van der Waals surface area contributed by atoms with Crippen LogP contribution in [0.15, 0.2) is 29.3 Å². The Hall–Kier alpha value is -0.631. The van der Waals surface area contributed by atoms with Crippen molar-refractivity contribution in [1.29, 1.82) is 0 Å². The maximum atomic E-state index is 9.42. The van der Waals surface area contributed by atoms with Gasteiger partial charge in [-0.25, -0.2) is 0 Å². The van der Waals surface area contributed by atoms with Gasteiger partial charge in [-0.05, 0) is 0 Å². The quantitative estimate of drug-likeness (QED) is 0.758. The van der Waals surface area contributed by atoms with E-state index in [1.807, 2.05) is 0 Å². The molecular weight excluding hydrogens is 241 g/mol. The van der Waals surface area contributed by atoms with E-state index in [4.69, 9.17) is 0 Å². The van der Waals surface area contributed by atoms with Crippen molar-refractivity contribution in [1.82, 2.24) is 0 Å². The van der Waals surface area contributed by atoms with Crippen LogP contribution in [0.3, 0.4) is 0 Å². The Kier molecular flexibility index (Phi) is 3.02. The molecule has 3 heteroatoms. The Balaban J connectivity index is 2.26. The second kappa shape index (κ2) is 4.26. The number of nitrogens with zero attached hydrogens (tertiary/aromatic N) is 1. The van der Waals surface area contributed by atoms with Crippen molar-refractivity contribution in [2.24, 2.45) is 4.99 Å². The van der Waals surface area contributed by atoms with E-state index < -0.39 is 6.23 Å². The fourth-order valence-corrected chi connectivity index (χ4v) is 3.49. The maximum absolute atomic E-state index is 9.42. The minimum atomic E-state index is -0.470. The van der Waals surface area contributed by atoms with Crippen molar-refractivity contribution in [3.05, 3.63) is 35.4 Å². The average molecular weight is 254 g/mol. The molecule has 0 aromatic heterocycles. The summed E-state index contributed by atoms with van der Waals surface area (Å²) in [5, 5.41) is 10.5. The number of hydrogen-bond acceptors (Lipinski definition) is 2. The van der Waals surface area contributed by atoms with Crippen LogP contribution in [-0.2, 0) is 0 Å². The van der Waals surface area contributed by atoms with Crippen LogP contribution in [-0.4, -0.2) is 30.9 Å². The molecule has 1 aromatic rings. The van der Waals surface area contributed by atoms with Crippen molar-refractivity contribution >= 4 is 19.6 Å². The van der Waals surface area contributed by atoms with E-state index in [2.05, 4.69) is 36.2 Å². The molecular formula is C11H13NOSe. The SMILES string of the molecule is Cc1ccc(C2=NC(O)CC[Se]2)cc1. The van der Waals surface area contributed by atoms with Crippen LogP contribution in [0.4, 0.5) is 0 Å². The van der Waals surface area contributed by atoms with Gasteiger partial charge in [0, 0.05) is 0 Å². The first kappa shape index (κ1) is 9.91. The van der Waals surface area contributed by atoms with Gasteiger partial charge in [-0.2, -0.15) is 0 Å². The fraction of sp³-hybridized carbons (Fsp3) is 0.364. The number of aliphatic hydroxyl groups excluding tert-OH is 1. The molecule has 2 nitrogen and oxygen atoms in total. The molecule has 0 amide bonds. The summed E-state index contributed by atoms with van der Waals surface area (Å²) < 4.78 is 1.11. The molecule has 1 atom stereocenters. The molecule has 0 saturated heterocycles. The number of aliphatic hydroxyl groups is 1. The van der Waals surface area contributed by atoms with Gasteiger partial charge in [0.25, 0.3) is 0 Å². The topological polar surface area (TPSA) is 32.6 Å². The van der Waals surface area contributed by atoms with Gasteiger partial charge in [0.05, 0.1) is 0 Å². The van der Waals surface area contributed by atoms with Crippen molar-refractivity contribution in [3.63, 3.8) is 0 Å². The van der Waals surface area contributed by atoms with Gasteiger partial charge in [-0.15, -0.1) is 0 Å². The van der Waals surface area contributed by atoms with Gasteiger partial charge in [-0.1, -0.05) is 0 Å². The van der Waals surface area contributed by atoms with Gasteiger partial charge in [0.1, 0.15) is 0 Å². The van der Waals surface area contributed by atoms with E-state index in [1.54, 1.807) is 0 Å². The number of aliphatic imine (C=N–C) groups is 1. The summed E-state index contributed by atoms with van der Waals surface area (Å²) in [7, 11) is 0. The van der Waals surface area contributed by atoms with E-state index in [0.717, 1.165) is 16.4 Å². The average Bonchev–Trinajstić information content (AvgIpc) is 2.19. The molecule has 0 spiro atoms. The molecule has 14 heavy (non-hydrogen) atoms. The first-order valence-electron chi connectivity index (χ1n) is 4.71. The molecule has 0 radical (unpaired) electrons. The zero-order chi connectivity index (χ0) is 9.97. The number of rotatable bonds is 1. The van der Waals surface area contributed by atoms with Crippen molar-refractivity contribution in [2.75, 3.05) is 0 Å². The van der Waals surface area contributed by atoms with Crippen LogP contribution in [0, 0.1) is 6.92 Å². The summed E-state index contributed by atoms with van der Waals surface area (Å²) in [6.07, 6.45) is 0.358. The second-order valence-electron chi connectivity index (χ2n) is 3.42. The van der Waals surface area contributed by atoms with E-state index in [-0.39, 0.29) is 0 Å². The summed E-state index contributed by atoms with van der Waals surface area (Å²) in [4.78, 5) is 4.28. The molecule has 0 fully saturated rings. The molecule has 1 aliphatic heterocycles. The summed E-state index contributed by atoms with van der Waals surface area (Å²) in [6.45, 7) is 2.08. The van der Waals surface area contributed by atoms with Crippen molar-refractivity contribution in [2.45, 2.75) is 24.9 Å². The van der Waals surface area contributed by atoms with Crippen LogP contribution in [0.5, 0.6) is 0 Å². The Morgan fingerprint density at radius 3 is 2.71 bits per heavy atom. The van der Waals surface area contributed by atoms with E-state index in [0.29, 0.717) is 15.0 Å². The molecule has 0 aliphatic carbocycles. The van der Waals surface area contributed by atoms with Gasteiger partial charge in [0.2, 0.25) is 0 Å². The third-order valence-corrected chi connectivity index (χ3v) is 4.39. The number of benzene rings is 1. The fourth-order valence-electron chi connectivity index (χ4n) is 1.35. The van der Waals surface area contributed by atoms with E-state index >= 15 is 0 Å². The Labute approximate surface area is 90.2 Å². The molecule has 1 aromatic carbocycles. The standard InChI is InChI=1S/C11H13NOSe/c1-8-2-4-9(5-3-8)11-12-10(13)6-7-14-11/h2-5,10,13H,6-7H2,1H3. The third-order valence-electron chi connectivity index (χ3n) is 2.18. The molecule has 0 bridgehead atoms. The first-order chi connectivity index (χ1) is 6.75. The van der Waals surface area contributed by atoms with Crippen molar-refractivity contribution < 1.29 is 5.11 Å². The zero-order valence-corrected chi connectivity index (χ0v) is 9.82. The molecule has 0 saturated carbocycles. The van der Waals surface area contributed by atoms with Gasteiger partial charge in [-0.3, -0.25) is 0 Å². The molecule has 2 rings (SSSR count). The monoisotopic (exact) mass is 255 g/mol. The zero-order valence-electron chi connectivity index (χ0n) is 8.10. The van der Waals surface area contributed by atoms with E-state index in [9.17, 15) is 5.11 Å². The van der Waals surface area contributed by atoms with Crippen LogP contribution >= 0.6 is 0 Å². The minimum absolute atomic E-state index is 0.439. The van der Waals surface area contributed by atoms with Crippen LogP contribution in [0.1, 0.15) is 17.5 Å². The van der Waals surface area contributed by atoms with Gasteiger partial charge >= 0.3 is 89.9 Å². The summed E-state index contributed by atoms with van der Waals surface area (Å²) in [6, 6.07) is 8.37.